The summed E-state index contributed by atoms with van der Waals surface area (Å²) in [4.78, 5) is 24.1. The van der Waals surface area contributed by atoms with Crippen LogP contribution in [-0.2, 0) is 14.3 Å². The smallest absolute Gasteiger partial charge is 0.347 e. The van der Waals surface area contributed by atoms with Crippen molar-refractivity contribution in [3.05, 3.63) is 72.5 Å². The monoisotopic (exact) mass is 367 g/mol. The molecule has 3 aromatic rings. The lowest BCUT2D eigenvalue weighted by molar-refractivity contribution is -0.153. The summed E-state index contributed by atoms with van der Waals surface area (Å²) >= 11 is 0. The van der Waals surface area contributed by atoms with Crippen LogP contribution in [0.5, 0.6) is 5.75 Å². The van der Waals surface area contributed by atoms with Gasteiger partial charge in [-0.15, -0.1) is 0 Å². The number of hydrogen-bond acceptors (Lipinski definition) is 4. The van der Waals surface area contributed by atoms with Gasteiger partial charge in [0.2, 0.25) is 0 Å². The Balaban J connectivity index is 1.53. The normalized spacial score (nSPS) is 11.6. The molecule has 0 fully saturated rings. The number of fused-ring (bicyclic) bond motifs is 1. The number of nitrogens with one attached hydrogen (secondary N) is 1. The first kappa shape index (κ1) is 18.4. The SMILES string of the molecule is C[C@H](Oc1ccc(F)cc1)C(=O)OCC(=O)Nc1cccc2ccccc12. The number of benzene rings is 3. The molecule has 0 bridgehead atoms. The number of hydrogen-bond donors (Lipinski definition) is 1. The first-order valence-electron chi connectivity index (χ1n) is 8.39. The summed E-state index contributed by atoms with van der Waals surface area (Å²) < 4.78 is 23.2. The van der Waals surface area contributed by atoms with Gasteiger partial charge < -0.3 is 14.8 Å². The molecular weight excluding hydrogens is 349 g/mol. The highest BCUT2D eigenvalue weighted by Gasteiger charge is 2.18. The maximum atomic E-state index is 12.9. The molecule has 5 nitrogen and oxygen atoms in total. The summed E-state index contributed by atoms with van der Waals surface area (Å²) in [5.41, 5.74) is 0.643. The molecule has 0 aromatic heterocycles. The summed E-state index contributed by atoms with van der Waals surface area (Å²) in [7, 11) is 0. The second-order valence-electron chi connectivity index (χ2n) is 5.90. The Morgan fingerprint density at radius 2 is 1.70 bits per heavy atom. The van der Waals surface area contributed by atoms with Gasteiger partial charge in [-0.05, 0) is 42.6 Å². The van der Waals surface area contributed by atoms with Crippen LogP contribution in [-0.4, -0.2) is 24.6 Å². The van der Waals surface area contributed by atoms with E-state index in [2.05, 4.69) is 5.32 Å². The van der Waals surface area contributed by atoms with E-state index in [-0.39, 0.29) is 0 Å². The minimum atomic E-state index is -0.930. The number of rotatable bonds is 6. The molecule has 27 heavy (non-hydrogen) atoms. The summed E-state index contributed by atoms with van der Waals surface area (Å²) in [6.45, 7) is 1.06. The number of ether oxygens (including phenoxy) is 2. The van der Waals surface area contributed by atoms with Crippen LogP contribution < -0.4 is 10.1 Å². The largest absolute Gasteiger partial charge is 0.479 e. The topological polar surface area (TPSA) is 64.6 Å². The molecule has 0 saturated carbocycles. The predicted octanol–water partition coefficient (Wildman–Crippen LogP) is 3.93. The molecule has 0 aliphatic heterocycles. The molecule has 1 amide bonds. The minimum Gasteiger partial charge on any atom is -0.479 e. The average Bonchev–Trinajstić information content (AvgIpc) is 2.68. The maximum absolute atomic E-state index is 12.9. The van der Waals surface area contributed by atoms with Crippen LogP contribution >= 0.6 is 0 Å². The van der Waals surface area contributed by atoms with E-state index in [1.165, 1.54) is 31.2 Å². The standard InChI is InChI=1S/C21H18FNO4/c1-14(27-17-11-9-16(22)10-12-17)21(25)26-13-20(24)23-19-8-4-6-15-5-2-3-7-18(15)19/h2-12,14H,13H2,1H3,(H,23,24)/t14-/m0/s1. The molecule has 0 unspecified atom stereocenters. The van der Waals surface area contributed by atoms with Crippen LogP contribution in [0.25, 0.3) is 10.8 Å². The number of anilines is 1. The Bertz CT molecular complexity index is 951. The summed E-state index contributed by atoms with van der Waals surface area (Å²) in [6, 6.07) is 18.5. The van der Waals surface area contributed by atoms with E-state index in [1.54, 1.807) is 6.07 Å². The van der Waals surface area contributed by atoms with Crippen LogP contribution in [0, 0.1) is 5.82 Å². The molecule has 0 aliphatic rings. The fourth-order valence-corrected chi connectivity index (χ4v) is 2.54. The molecule has 138 valence electrons. The van der Waals surface area contributed by atoms with E-state index in [0.29, 0.717) is 11.4 Å². The maximum Gasteiger partial charge on any atom is 0.347 e. The highest BCUT2D eigenvalue weighted by molar-refractivity contribution is 6.02. The molecule has 6 heteroatoms. The highest BCUT2D eigenvalue weighted by Crippen LogP contribution is 2.22. The minimum absolute atomic E-state index is 0.334. The third-order valence-corrected chi connectivity index (χ3v) is 3.87. The highest BCUT2D eigenvalue weighted by atomic mass is 19.1. The van der Waals surface area contributed by atoms with Gasteiger partial charge in [0.25, 0.3) is 5.91 Å². The van der Waals surface area contributed by atoms with Crippen molar-refractivity contribution in [2.45, 2.75) is 13.0 Å². The average molecular weight is 367 g/mol. The third-order valence-electron chi connectivity index (χ3n) is 3.87. The van der Waals surface area contributed by atoms with Gasteiger partial charge in [-0.25, -0.2) is 9.18 Å². The predicted molar refractivity (Wildman–Crippen MR) is 100 cm³/mol. The Kier molecular flexibility index (Phi) is 5.66. The molecule has 1 atom stereocenters. The zero-order valence-electron chi connectivity index (χ0n) is 14.6. The van der Waals surface area contributed by atoms with E-state index in [4.69, 9.17) is 9.47 Å². The van der Waals surface area contributed by atoms with Crippen molar-refractivity contribution in [1.82, 2.24) is 0 Å². The third kappa shape index (κ3) is 4.82. The molecule has 1 N–H and O–H groups in total. The van der Waals surface area contributed by atoms with Gasteiger partial charge in [-0.3, -0.25) is 4.79 Å². The van der Waals surface area contributed by atoms with Crippen molar-refractivity contribution in [3.8, 4) is 5.75 Å². The molecule has 3 rings (SSSR count). The Labute approximate surface area is 155 Å². The van der Waals surface area contributed by atoms with Gasteiger partial charge in [0.15, 0.2) is 12.7 Å². The van der Waals surface area contributed by atoms with Gasteiger partial charge in [-0.2, -0.15) is 0 Å². The van der Waals surface area contributed by atoms with E-state index in [9.17, 15) is 14.0 Å². The Morgan fingerprint density at radius 1 is 1.00 bits per heavy atom. The Morgan fingerprint density at radius 3 is 2.48 bits per heavy atom. The molecular formula is C21H18FNO4. The molecule has 0 heterocycles. The second kappa shape index (κ2) is 8.31. The zero-order valence-corrected chi connectivity index (χ0v) is 14.6. The molecule has 0 spiro atoms. The van der Waals surface area contributed by atoms with E-state index >= 15 is 0 Å². The van der Waals surface area contributed by atoms with Gasteiger partial charge in [0, 0.05) is 11.1 Å². The molecule has 0 aliphatic carbocycles. The van der Waals surface area contributed by atoms with Crippen LogP contribution in [0.4, 0.5) is 10.1 Å². The lowest BCUT2D eigenvalue weighted by Crippen LogP contribution is -2.29. The number of carbonyl (C=O) groups is 2. The van der Waals surface area contributed by atoms with E-state index < -0.39 is 30.4 Å². The summed E-state index contributed by atoms with van der Waals surface area (Å²) in [5, 5.41) is 4.63. The first-order chi connectivity index (χ1) is 13.0. The zero-order chi connectivity index (χ0) is 19.2. The fourth-order valence-electron chi connectivity index (χ4n) is 2.54. The van der Waals surface area contributed by atoms with Crippen LogP contribution in [0.3, 0.4) is 0 Å². The molecule has 3 aromatic carbocycles. The van der Waals surface area contributed by atoms with Crippen LogP contribution in [0.2, 0.25) is 0 Å². The van der Waals surface area contributed by atoms with E-state index in [0.717, 1.165) is 10.8 Å². The van der Waals surface area contributed by atoms with Gasteiger partial charge in [0.1, 0.15) is 11.6 Å². The van der Waals surface area contributed by atoms with Crippen molar-refractivity contribution >= 4 is 28.3 Å². The van der Waals surface area contributed by atoms with Crippen molar-refractivity contribution in [2.75, 3.05) is 11.9 Å². The summed E-state index contributed by atoms with van der Waals surface area (Å²) in [6.07, 6.45) is -0.930. The molecule has 0 radical (unpaired) electrons. The number of halogens is 1. The Hall–Kier alpha value is -3.41. The van der Waals surface area contributed by atoms with E-state index in [1.807, 2.05) is 36.4 Å². The van der Waals surface area contributed by atoms with Crippen molar-refractivity contribution in [1.29, 1.82) is 0 Å². The molecule has 0 saturated heterocycles. The first-order valence-corrected chi connectivity index (χ1v) is 8.39. The van der Waals surface area contributed by atoms with Gasteiger partial charge in [-0.1, -0.05) is 36.4 Å². The van der Waals surface area contributed by atoms with Crippen molar-refractivity contribution in [2.24, 2.45) is 0 Å². The number of esters is 1. The van der Waals surface area contributed by atoms with Gasteiger partial charge in [0.05, 0.1) is 0 Å². The van der Waals surface area contributed by atoms with Crippen molar-refractivity contribution in [3.63, 3.8) is 0 Å². The van der Waals surface area contributed by atoms with Crippen molar-refractivity contribution < 1.29 is 23.5 Å². The number of amides is 1. The lowest BCUT2D eigenvalue weighted by Gasteiger charge is -2.14. The lowest BCUT2D eigenvalue weighted by atomic mass is 10.1. The number of carbonyl (C=O) groups excluding carboxylic acids is 2. The fraction of sp³-hybridized carbons (Fsp3) is 0.143. The second-order valence-corrected chi connectivity index (χ2v) is 5.90. The van der Waals surface area contributed by atoms with Gasteiger partial charge >= 0.3 is 5.97 Å². The summed E-state index contributed by atoms with van der Waals surface area (Å²) in [5.74, 6) is -1.20. The van der Waals surface area contributed by atoms with Crippen LogP contribution in [0.1, 0.15) is 6.92 Å². The quantitative estimate of drug-likeness (QED) is 0.671. The van der Waals surface area contributed by atoms with Crippen LogP contribution in [0.15, 0.2) is 66.7 Å².